The molecule has 0 spiro atoms. The second-order valence-electron chi connectivity index (χ2n) is 6.78. The van der Waals surface area contributed by atoms with Crippen LogP contribution in [0.5, 0.6) is 0 Å². The maximum atomic E-state index is 12.5. The Balaban J connectivity index is 1.68. The van der Waals surface area contributed by atoms with Gasteiger partial charge in [0.15, 0.2) is 9.84 Å². The van der Waals surface area contributed by atoms with Gasteiger partial charge in [-0.2, -0.15) is 0 Å². The monoisotopic (exact) mass is 370 g/mol. The molecular weight excluding hydrogens is 352 g/mol. The molecule has 24 heavy (non-hydrogen) atoms. The van der Waals surface area contributed by atoms with Crippen molar-refractivity contribution in [3.8, 4) is 0 Å². The fraction of sp³-hybridized carbons (Fsp3) is 0.500. The Morgan fingerprint density at radius 2 is 2.17 bits per heavy atom. The highest BCUT2D eigenvalue weighted by atomic mass is 35.5. The van der Waals surface area contributed by atoms with Crippen LogP contribution in [-0.4, -0.2) is 43.8 Å². The number of halogens is 1. The van der Waals surface area contributed by atoms with Gasteiger partial charge in [-0.15, -0.1) is 0 Å². The highest BCUT2D eigenvalue weighted by molar-refractivity contribution is 7.91. The number of carbonyl (C=O) groups is 2. The van der Waals surface area contributed by atoms with E-state index in [1.54, 1.807) is 36.1 Å². The zero-order chi connectivity index (χ0) is 17.5. The van der Waals surface area contributed by atoms with E-state index in [0.717, 1.165) is 0 Å². The minimum atomic E-state index is -3.10. The Kier molecular flexibility index (Phi) is 4.34. The lowest BCUT2D eigenvalue weighted by Crippen LogP contribution is -2.49. The maximum absolute atomic E-state index is 12.5. The van der Waals surface area contributed by atoms with E-state index in [-0.39, 0.29) is 36.3 Å². The van der Waals surface area contributed by atoms with Gasteiger partial charge in [-0.3, -0.25) is 9.59 Å². The lowest BCUT2D eigenvalue weighted by atomic mass is 9.99. The molecule has 130 valence electrons. The summed E-state index contributed by atoms with van der Waals surface area (Å²) in [6.45, 7) is 2.01. The van der Waals surface area contributed by atoms with Crippen molar-refractivity contribution >= 4 is 38.9 Å². The molecule has 2 amide bonds. The molecule has 0 aliphatic carbocycles. The van der Waals surface area contributed by atoms with Crippen LogP contribution in [-0.2, 0) is 19.4 Å². The summed E-state index contributed by atoms with van der Waals surface area (Å²) in [5.41, 5.74) is -0.0833. The Bertz CT molecular complexity index is 795. The summed E-state index contributed by atoms with van der Waals surface area (Å²) in [6.07, 6.45) is 0.515. The molecule has 2 fully saturated rings. The fourth-order valence-electron chi connectivity index (χ4n) is 3.29. The molecule has 0 unspecified atom stereocenters. The topological polar surface area (TPSA) is 83.6 Å². The first kappa shape index (κ1) is 17.2. The van der Waals surface area contributed by atoms with E-state index in [2.05, 4.69) is 5.32 Å². The van der Waals surface area contributed by atoms with Gasteiger partial charge in [-0.05, 0) is 31.5 Å². The molecule has 0 aromatic heterocycles. The average molecular weight is 371 g/mol. The van der Waals surface area contributed by atoms with Crippen LogP contribution in [0.2, 0.25) is 5.02 Å². The Labute approximate surface area is 146 Å². The minimum absolute atomic E-state index is 0.0512. The number of hydrogen-bond donors (Lipinski definition) is 1. The molecule has 6 nitrogen and oxygen atoms in total. The smallest absolute Gasteiger partial charge is 0.227 e. The molecule has 3 rings (SSSR count). The van der Waals surface area contributed by atoms with Gasteiger partial charge < -0.3 is 10.2 Å². The lowest BCUT2D eigenvalue weighted by Gasteiger charge is -2.25. The van der Waals surface area contributed by atoms with Gasteiger partial charge >= 0.3 is 0 Å². The summed E-state index contributed by atoms with van der Waals surface area (Å²) in [5.74, 6) is -0.863. The molecule has 2 aliphatic heterocycles. The number of sulfone groups is 1. The third kappa shape index (κ3) is 3.57. The molecular formula is C16H19ClN2O4S. The van der Waals surface area contributed by atoms with Crippen molar-refractivity contribution in [2.24, 2.45) is 5.92 Å². The van der Waals surface area contributed by atoms with Crippen LogP contribution in [0.1, 0.15) is 19.8 Å². The molecule has 8 heteroatoms. The van der Waals surface area contributed by atoms with E-state index in [9.17, 15) is 18.0 Å². The number of rotatable bonds is 3. The average Bonchev–Trinajstić information content (AvgIpc) is 2.99. The summed E-state index contributed by atoms with van der Waals surface area (Å²) < 4.78 is 23.3. The van der Waals surface area contributed by atoms with Gasteiger partial charge in [0.05, 0.1) is 23.0 Å². The van der Waals surface area contributed by atoms with Crippen LogP contribution in [0.15, 0.2) is 24.3 Å². The van der Waals surface area contributed by atoms with Crippen LogP contribution in [0, 0.1) is 5.92 Å². The van der Waals surface area contributed by atoms with Gasteiger partial charge in [0.2, 0.25) is 11.8 Å². The number of nitrogens with one attached hydrogen (secondary N) is 1. The SMILES string of the molecule is C[C@]1(NC(=O)[C@@H]2CC(=O)N(c3cccc(Cl)c3)C2)CCS(=O)(=O)C1. The molecule has 0 radical (unpaired) electrons. The van der Waals surface area contributed by atoms with Gasteiger partial charge in [-0.25, -0.2) is 8.42 Å². The lowest BCUT2D eigenvalue weighted by molar-refractivity contribution is -0.127. The van der Waals surface area contributed by atoms with Crippen LogP contribution in [0.4, 0.5) is 5.69 Å². The van der Waals surface area contributed by atoms with Crippen LogP contribution in [0.3, 0.4) is 0 Å². The highest BCUT2D eigenvalue weighted by Gasteiger charge is 2.42. The van der Waals surface area contributed by atoms with Crippen LogP contribution < -0.4 is 10.2 Å². The van der Waals surface area contributed by atoms with Crippen LogP contribution >= 0.6 is 11.6 Å². The Morgan fingerprint density at radius 1 is 1.42 bits per heavy atom. The Morgan fingerprint density at radius 3 is 2.79 bits per heavy atom. The summed E-state index contributed by atoms with van der Waals surface area (Å²) in [4.78, 5) is 26.3. The standard InChI is InChI=1S/C16H19ClN2O4S/c1-16(5-6-24(22,23)10-16)18-15(21)11-7-14(20)19(9-11)13-4-2-3-12(17)8-13/h2-4,8,11H,5-7,9-10H2,1H3,(H,18,21)/t11-,16+/m1/s1. The maximum Gasteiger partial charge on any atom is 0.227 e. The summed E-state index contributed by atoms with van der Waals surface area (Å²) in [7, 11) is -3.10. The number of nitrogens with zero attached hydrogens (tertiary/aromatic N) is 1. The predicted octanol–water partition coefficient (Wildman–Crippen LogP) is 1.39. The van der Waals surface area contributed by atoms with Crippen molar-refractivity contribution in [3.63, 3.8) is 0 Å². The van der Waals surface area contributed by atoms with Crippen molar-refractivity contribution in [3.05, 3.63) is 29.3 Å². The Hall–Kier alpha value is -1.60. The zero-order valence-corrected chi connectivity index (χ0v) is 14.9. The van der Waals surface area contributed by atoms with Crippen molar-refractivity contribution in [2.75, 3.05) is 23.0 Å². The van der Waals surface area contributed by atoms with Crippen LogP contribution in [0.25, 0.3) is 0 Å². The highest BCUT2D eigenvalue weighted by Crippen LogP contribution is 2.29. The van der Waals surface area contributed by atoms with E-state index < -0.39 is 21.3 Å². The first-order chi connectivity index (χ1) is 11.2. The predicted molar refractivity (Wildman–Crippen MR) is 91.7 cm³/mol. The first-order valence-electron chi connectivity index (χ1n) is 7.76. The van der Waals surface area contributed by atoms with E-state index in [0.29, 0.717) is 17.1 Å². The van der Waals surface area contributed by atoms with Gasteiger partial charge in [0, 0.05) is 23.7 Å². The first-order valence-corrected chi connectivity index (χ1v) is 9.96. The molecule has 2 heterocycles. The van der Waals surface area contributed by atoms with E-state index >= 15 is 0 Å². The number of benzene rings is 1. The van der Waals surface area contributed by atoms with Crippen molar-refractivity contribution in [2.45, 2.75) is 25.3 Å². The molecule has 1 aromatic rings. The molecule has 2 aliphatic rings. The largest absolute Gasteiger partial charge is 0.350 e. The van der Waals surface area contributed by atoms with Gasteiger partial charge in [0.25, 0.3) is 0 Å². The third-order valence-electron chi connectivity index (χ3n) is 4.54. The molecule has 1 aromatic carbocycles. The van der Waals surface area contributed by atoms with Gasteiger partial charge in [0.1, 0.15) is 0 Å². The second-order valence-corrected chi connectivity index (χ2v) is 9.40. The molecule has 2 atom stereocenters. The number of hydrogen-bond acceptors (Lipinski definition) is 4. The number of amides is 2. The van der Waals surface area contributed by atoms with E-state index in [4.69, 9.17) is 11.6 Å². The van der Waals surface area contributed by atoms with Crippen molar-refractivity contribution < 1.29 is 18.0 Å². The van der Waals surface area contributed by atoms with Crippen molar-refractivity contribution in [1.82, 2.24) is 5.32 Å². The number of carbonyl (C=O) groups excluding carboxylic acids is 2. The van der Waals surface area contributed by atoms with E-state index in [1.165, 1.54) is 0 Å². The second kappa shape index (κ2) is 6.04. The minimum Gasteiger partial charge on any atom is -0.350 e. The van der Waals surface area contributed by atoms with E-state index in [1.807, 2.05) is 0 Å². The summed E-state index contributed by atoms with van der Waals surface area (Å²) in [6, 6.07) is 6.93. The summed E-state index contributed by atoms with van der Waals surface area (Å²) >= 11 is 5.95. The normalized spacial score (nSPS) is 29.0. The molecule has 0 saturated carbocycles. The molecule has 1 N–H and O–H groups in total. The number of anilines is 1. The summed E-state index contributed by atoms with van der Waals surface area (Å²) in [5, 5.41) is 3.36. The van der Waals surface area contributed by atoms with Crippen molar-refractivity contribution in [1.29, 1.82) is 0 Å². The third-order valence-corrected chi connectivity index (χ3v) is 6.68. The van der Waals surface area contributed by atoms with Gasteiger partial charge in [-0.1, -0.05) is 17.7 Å². The quantitative estimate of drug-likeness (QED) is 0.871. The molecule has 0 bridgehead atoms. The zero-order valence-electron chi connectivity index (χ0n) is 13.3. The molecule has 2 saturated heterocycles. The fourth-order valence-corrected chi connectivity index (χ4v) is 5.56.